The smallest absolute Gasteiger partial charge is 0.231 e. The average Bonchev–Trinajstić information content (AvgIpc) is 2.65. The molecular weight excluding hydrogens is 298 g/mol. The summed E-state index contributed by atoms with van der Waals surface area (Å²) in [7, 11) is -1.89. The van der Waals surface area contributed by atoms with Crippen LogP contribution in [0.1, 0.15) is 5.56 Å². The Hall–Kier alpha value is -0.790. The maximum atomic E-state index is 11.4. The number of ether oxygens (including phenoxy) is 2. The molecule has 0 atom stereocenters. The molecule has 1 aliphatic rings. The van der Waals surface area contributed by atoms with Crippen molar-refractivity contribution >= 4 is 26.0 Å². The molecular formula is C9H10BrNO4S. The van der Waals surface area contributed by atoms with Gasteiger partial charge in [-0.15, -0.1) is 0 Å². The molecule has 0 unspecified atom stereocenters. The number of hydrogen-bond donors (Lipinski definition) is 1. The van der Waals surface area contributed by atoms with Crippen molar-refractivity contribution in [1.82, 2.24) is 4.72 Å². The van der Waals surface area contributed by atoms with Crippen LogP contribution in [0.3, 0.4) is 0 Å². The number of nitrogens with one attached hydrogen (secondary N) is 1. The summed E-state index contributed by atoms with van der Waals surface area (Å²) < 4.78 is 36.1. The van der Waals surface area contributed by atoms with E-state index in [0.717, 1.165) is 0 Å². The highest BCUT2D eigenvalue weighted by Gasteiger charge is 2.19. The van der Waals surface area contributed by atoms with E-state index in [2.05, 4.69) is 20.7 Å². The van der Waals surface area contributed by atoms with Crippen molar-refractivity contribution in [1.29, 1.82) is 0 Å². The van der Waals surface area contributed by atoms with Gasteiger partial charge in [0.1, 0.15) is 0 Å². The third-order valence-electron chi connectivity index (χ3n) is 2.15. The van der Waals surface area contributed by atoms with Gasteiger partial charge in [0.15, 0.2) is 11.5 Å². The third-order valence-corrected chi connectivity index (χ3v) is 4.08. The van der Waals surface area contributed by atoms with Crippen LogP contribution in [0.25, 0.3) is 0 Å². The first kappa shape index (κ1) is 11.7. The zero-order valence-corrected chi connectivity index (χ0v) is 10.9. The monoisotopic (exact) mass is 307 g/mol. The minimum Gasteiger partial charge on any atom is -0.454 e. The van der Waals surface area contributed by atoms with Gasteiger partial charge in [-0.3, -0.25) is 0 Å². The summed E-state index contributed by atoms with van der Waals surface area (Å²) in [6.07, 6.45) is 0. The number of benzene rings is 1. The highest BCUT2D eigenvalue weighted by atomic mass is 79.9. The Balaban J connectivity index is 2.34. The molecule has 88 valence electrons. The van der Waals surface area contributed by atoms with Crippen LogP contribution >= 0.6 is 15.9 Å². The lowest BCUT2D eigenvalue weighted by atomic mass is 10.2. The minimum absolute atomic E-state index is 0.0846. The maximum Gasteiger partial charge on any atom is 0.231 e. The van der Waals surface area contributed by atoms with Gasteiger partial charge < -0.3 is 9.47 Å². The van der Waals surface area contributed by atoms with E-state index in [1.807, 2.05) is 0 Å². The van der Waals surface area contributed by atoms with Gasteiger partial charge in [-0.1, -0.05) is 0 Å². The van der Waals surface area contributed by atoms with Crippen molar-refractivity contribution in [2.45, 2.75) is 5.75 Å². The molecule has 2 rings (SSSR count). The maximum absolute atomic E-state index is 11.4. The quantitative estimate of drug-likeness (QED) is 0.912. The normalized spacial score (nSPS) is 14.1. The number of hydrogen-bond acceptors (Lipinski definition) is 4. The van der Waals surface area contributed by atoms with E-state index in [0.29, 0.717) is 21.5 Å². The largest absolute Gasteiger partial charge is 0.454 e. The van der Waals surface area contributed by atoms with Crippen LogP contribution in [0.4, 0.5) is 0 Å². The van der Waals surface area contributed by atoms with Crippen molar-refractivity contribution in [3.8, 4) is 11.5 Å². The summed E-state index contributed by atoms with van der Waals surface area (Å²) in [5.74, 6) is 1.10. The van der Waals surface area contributed by atoms with E-state index in [9.17, 15) is 8.42 Å². The van der Waals surface area contributed by atoms with E-state index < -0.39 is 10.0 Å². The number of sulfonamides is 1. The third kappa shape index (κ3) is 2.31. The Morgan fingerprint density at radius 1 is 1.44 bits per heavy atom. The zero-order chi connectivity index (χ0) is 11.8. The van der Waals surface area contributed by atoms with E-state index >= 15 is 0 Å². The lowest BCUT2D eigenvalue weighted by Crippen LogP contribution is -2.20. The molecule has 0 saturated heterocycles. The van der Waals surface area contributed by atoms with Gasteiger partial charge in [-0.2, -0.15) is 0 Å². The SMILES string of the molecule is CNS(=O)(=O)Cc1cc(Br)c2c(c1)OCO2. The van der Waals surface area contributed by atoms with Crippen LogP contribution in [0.15, 0.2) is 16.6 Å². The standard InChI is InChI=1S/C9H10BrNO4S/c1-11-16(12,13)4-6-2-7(10)9-8(3-6)14-5-15-9/h2-3,11H,4-5H2,1H3. The van der Waals surface area contributed by atoms with Crippen LogP contribution in [-0.4, -0.2) is 22.3 Å². The fourth-order valence-electron chi connectivity index (χ4n) is 1.40. The number of fused-ring (bicyclic) bond motifs is 1. The molecule has 0 fully saturated rings. The molecule has 1 aliphatic heterocycles. The first-order chi connectivity index (χ1) is 7.52. The first-order valence-electron chi connectivity index (χ1n) is 4.51. The first-order valence-corrected chi connectivity index (χ1v) is 6.95. The molecule has 0 amide bonds. The second-order valence-electron chi connectivity index (χ2n) is 3.27. The van der Waals surface area contributed by atoms with Gasteiger partial charge in [-0.05, 0) is 40.7 Å². The summed E-state index contributed by atoms with van der Waals surface area (Å²) in [6, 6.07) is 3.38. The molecule has 1 aromatic rings. The molecule has 7 heteroatoms. The second-order valence-corrected chi connectivity index (χ2v) is 6.06. The number of halogens is 1. The summed E-state index contributed by atoms with van der Waals surface area (Å²) in [6.45, 7) is 0.163. The zero-order valence-electron chi connectivity index (χ0n) is 8.49. The van der Waals surface area contributed by atoms with Crippen LogP contribution in [0.2, 0.25) is 0 Å². The molecule has 5 nitrogen and oxygen atoms in total. The molecule has 1 aromatic carbocycles. The highest BCUT2D eigenvalue weighted by Crippen LogP contribution is 2.40. The van der Waals surface area contributed by atoms with Crippen molar-refractivity contribution in [2.24, 2.45) is 0 Å². The minimum atomic E-state index is -3.27. The Morgan fingerprint density at radius 2 is 2.19 bits per heavy atom. The number of rotatable bonds is 3. The fourth-order valence-corrected chi connectivity index (χ4v) is 2.75. The van der Waals surface area contributed by atoms with Gasteiger partial charge in [0.05, 0.1) is 10.2 Å². The van der Waals surface area contributed by atoms with Crippen LogP contribution in [0.5, 0.6) is 11.5 Å². The topological polar surface area (TPSA) is 64.6 Å². The molecule has 0 aromatic heterocycles. The second kappa shape index (κ2) is 4.23. The lowest BCUT2D eigenvalue weighted by molar-refractivity contribution is 0.173. The van der Waals surface area contributed by atoms with Crippen molar-refractivity contribution < 1.29 is 17.9 Å². The van der Waals surface area contributed by atoms with Crippen molar-refractivity contribution in [3.05, 3.63) is 22.2 Å². The summed E-state index contributed by atoms with van der Waals surface area (Å²) in [4.78, 5) is 0. The average molecular weight is 308 g/mol. The molecule has 0 saturated carbocycles. The fraction of sp³-hybridized carbons (Fsp3) is 0.333. The predicted molar refractivity (Wildman–Crippen MR) is 61.9 cm³/mol. The van der Waals surface area contributed by atoms with Gasteiger partial charge in [0.25, 0.3) is 0 Å². The van der Waals surface area contributed by atoms with Gasteiger partial charge in [-0.25, -0.2) is 13.1 Å². The summed E-state index contributed by atoms with van der Waals surface area (Å²) >= 11 is 3.31. The summed E-state index contributed by atoms with van der Waals surface area (Å²) in [5, 5.41) is 0. The van der Waals surface area contributed by atoms with Crippen molar-refractivity contribution in [3.63, 3.8) is 0 Å². The van der Waals surface area contributed by atoms with Crippen molar-refractivity contribution in [2.75, 3.05) is 13.8 Å². The van der Waals surface area contributed by atoms with Gasteiger partial charge >= 0.3 is 0 Å². The summed E-state index contributed by atoms with van der Waals surface area (Å²) in [5.41, 5.74) is 0.644. The Bertz CT molecular complexity index is 514. The predicted octanol–water partition coefficient (Wildman–Crippen LogP) is 1.23. The van der Waals surface area contributed by atoms with E-state index in [-0.39, 0.29) is 12.5 Å². The Kier molecular flexibility index (Phi) is 3.09. The molecule has 16 heavy (non-hydrogen) atoms. The molecule has 0 bridgehead atoms. The highest BCUT2D eigenvalue weighted by molar-refractivity contribution is 9.10. The van der Waals surface area contributed by atoms with E-state index in [1.54, 1.807) is 12.1 Å². The molecule has 0 radical (unpaired) electrons. The molecule has 1 heterocycles. The molecule has 0 spiro atoms. The van der Waals surface area contributed by atoms with Crippen LogP contribution in [0, 0.1) is 0 Å². The Labute approximate surface area is 102 Å². The van der Waals surface area contributed by atoms with E-state index in [1.165, 1.54) is 7.05 Å². The molecule has 1 N–H and O–H groups in total. The lowest BCUT2D eigenvalue weighted by Gasteiger charge is -2.05. The van der Waals surface area contributed by atoms with E-state index in [4.69, 9.17) is 9.47 Å². The van der Waals surface area contributed by atoms with Crippen LogP contribution in [-0.2, 0) is 15.8 Å². The van der Waals surface area contributed by atoms with Gasteiger partial charge in [0, 0.05) is 0 Å². The van der Waals surface area contributed by atoms with Gasteiger partial charge in [0.2, 0.25) is 16.8 Å². The Morgan fingerprint density at radius 3 is 2.88 bits per heavy atom. The van der Waals surface area contributed by atoms with Crippen LogP contribution < -0.4 is 14.2 Å². The molecule has 0 aliphatic carbocycles.